The minimum atomic E-state index is -4.46. The van der Waals surface area contributed by atoms with E-state index in [9.17, 15) is 23.1 Å². The number of hydrogen-bond acceptors (Lipinski definition) is 3. The highest BCUT2D eigenvalue weighted by Gasteiger charge is 2.30. The number of carboxylic acids is 1. The van der Waals surface area contributed by atoms with Crippen molar-refractivity contribution in [2.45, 2.75) is 19.5 Å². The summed E-state index contributed by atoms with van der Waals surface area (Å²) >= 11 is 0. The van der Waals surface area contributed by atoms with Crippen molar-refractivity contribution in [3.8, 4) is 22.8 Å². The molecule has 4 nitrogen and oxygen atoms in total. The molecule has 1 N–H and O–H groups in total. The van der Waals surface area contributed by atoms with E-state index in [1.165, 1.54) is 24.3 Å². The molecular weight excluding hydrogens is 395 g/mol. The van der Waals surface area contributed by atoms with E-state index in [1.807, 2.05) is 13.0 Å². The Hall–Kier alpha value is -3.61. The summed E-state index contributed by atoms with van der Waals surface area (Å²) in [5.74, 6) is -0.593. The molecule has 152 valence electrons. The number of furan rings is 1. The van der Waals surface area contributed by atoms with Crippen molar-refractivity contribution in [2.75, 3.05) is 0 Å². The summed E-state index contributed by atoms with van der Waals surface area (Å²) in [6.45, 7) is 1.97. The molecule has 0 fully saturated rings. The number of halogens is 3. The number of aryl methyl sites for hydroxylation is 1. The molecule has 2 aromatic heterocycles. The molecule has 7 heteroatoms. The van der Waals surface area contributed by atoms with Crippen molar-refractivity contribution >= 4 is 16.9 Å². The van der Waals surface area contributed by atoms with Gasteiger partial charge in [0.15, 0.2) is 5.76 Å². The van der Waals surface area contributed by atoms with Crippen molar-refractivity contribution < 1.29 is 27.5 Å². The maximum absolute atomic E-state index is 13.0. The number of carbonyl (C=O) groups is 1. The summed E-state index contributed by atoms with van der Waals surface area (Å²) in [6, 6.07) is 14.8. The Kier molecular flexibility index (Phi) is 4.81. The van der Waals surface area contributed by atoms with Gasteiger partial charge in [-0.1, -0.05) is 25.1 Å². The summed E-state index contributed by atoms with van der Waals surface area (Å²) in [5, 5.41) is 10.2. The maximum atomic E-state index is 13.0. The van der Waals surface area contributed by atoms with Gasteiger partial charge in [0.2, 0.25) is 0 Å². The fourth-order valence-corrected chi connectivity index (χ4v) is 3.28. The summed E-state index contributed by atoms with van der Waals surface area (Å²) in [4.78, 5) is 16.3. The zero-order valence-corrected chi connectivity index (χ0v) is 15.8. The number of hydrogen-bond donors (Lipinski definition) is 1. The van der Waals surface area contributed by atoms with Crippen LogP contribution in [0.2, 0.25) is 0 Å². The second-order valence-electron chi connectivity index (χ2n) is 6.81. The lowest BCUT2D eigenvalue weighted by Crippen LogP contribution is -2.04. The molecule has 0 amide bonds. The number of nitrogens with zero attached hydrogens (tertiary/aromatic N) is 1. The van der Waals surface area contributed by atoms with E-state index in [0.29, 0.717) is 16.6 Å². The van der Waals surface area contributed by atoms with Gasteiger partial charge in [-0.05, 0) is 54.4 Å². The van der Waals surface area contributed by atoms with Crippen LogP contribution >= 0.6 is 0 Å². The second kappa shape index (κ2) is 7.33. The topological polar surface area (TPSA) is 63.3 Å². The quantitative estimate of drug-likeness (QED) is 0.420. The molecule has 0 saturated carbocycles. The molecule has 0 unspecified atom stereocenters. The van der Waals surface area contributed by atoms with E-state index in [4.69, 9.17) is 4.42 Å². The van der Waals surface area contributed by atoms with Crippen LogP contribution in [-0.4, -0.2) is 16.1 Å². The predicted molar refractivity (Wildman–Crippen MR) is 106 cm³/mol. The van der Waals surface area contributed by atoms with Crippen LogP contribution in [0.3, 0.4) is 0 Å². The Morgan fingerprint density at radius 2 is 1.80 bits per heavy atom. The Bertz CT molecular complexity index is 1260. The molecule has 4 rings (SSSR count). The summed E-state index contributed by atoms with van der Waals surface area (Å²) < 4.78 is 44.7. The molecule has 0 radical (unpaired) electrons. The van der Waals surface area contributed by atoms with Gasteiger partial charge >= 0.3 is 12.1 Å². The lowest BCUT2D eigenvalue weighted by Gasteiger charge is -2.08. The lowest BCUT2D eigenvalue weighted by molar-refractivity contribution is -0.137. The average Bonchev–Trinajstić information content (AvgIpc) is 3.22. The first-order valence-corrected chi connectivity index (χ1v) is 9.21. The molecule has 0 saturated heterocycles. The molecule has 30 heavy (non-hydrogen) atoms. The van der Waals surface area contributed by atoms with E-state index in [0.717, 1.165) is 24.1 Å². The standard InChI is InChI=1S/C23H16F3NO3/c1-2-13-6-7-18-16(10-13)17(22(28)29)12-19(27-18)21-9-8-20(30-21)14-4-3-5-15(11-14)23(24,25)26/h3-12H,2H2,1H3,(H,28,29). The minimum absolute atomic E-state index is 0.0855. The van der Waals surface area contributed by atoms with Crippen molar-refractivity contribution in [3.63, 3.8) is 0 Å². The lowest BCUT2D eigenvalue weighted by atomic mass is 10.0. The third kappa shape index (κ3) is 3.66. The smallest absolute Gasteiger partial charge is 0.416 e. The van der Waals surface area contributed by atoms with E-state index in [2.05, 4.69) is 4.98 Å². The first kappa shape index (κ1) is 19.7. The minimum Gasteiger partial charge on any atom is -0.478 e. The zero-order valence-electron chi connectivity index (χ0n) is 15.8. The molecule has 0 aliphatic heterocycles. The number of benzene rings is 2. The van der Waals surface area contributed by atoms with Crippen LogP contribution < -0.4 is 0 Å². The number of carboxylic acid groups (broad SMARTS) is 1. The molecule has 0 aliphatic rings. The van der Waals surface area contributed by atoms with Crippen LogP contribution in [0.15, 0.2) is 65.1 Å². The molecule has 0 atom stereocenters. The van der Waals surface area contributed by atoms with Gasteiger partial charge in [-0.3, -0.25) is 0 Å². The van der Waals surface area contributed by atoms with Gasteiger partial charge < -0.3 is 9.52 Å². The van der Waals surface area contributed by atoms with Crippen LogP contribution in [0.5, 0.6) is 0 Å². The van der Waals surface area contributed by atoms with Gasteiger partial charge in [0, 0.05) is 10.9 Å². The molecule has 2 heterocycles. The van der Waals surface area contributed by atoms with Crippen LogP contribution in [-0.2, 0) is 12.6 Å². The predicted octanol–water partition coefficient (Wildman–Crippen LogP) is 6.44. The first-order valence-electron chi connectivity index (χ1n) is 9.21. The Balaban J connectivity index is 1.79. The van der Waals surface area contributed by atoms with E-state index in [-0.39, 0.29) is 22.6 Å². The van der Waals surface area contributed by atoms with Gasteiger partial charge in [-0.2, -0.15) is 13.2 Å². The highest BCUT2D eigenvalue weighted by molar-refractivity contribution is 6.03. The van der Waals surface area contributed by atoms with Gasteiger partial charge in [-0.15, -0.1) is 0 Å². The van der Waals surface area contributed by atoms with E-state index < -0.39 is 17.7 Å². The summed E-state index contributed by atoms with van der Waals surface area (Å²) in [5.41, 5.74) is 1.36. The number of aromatic nitrogens is 1. The molecule has 2 aromatic carbocycles. The summed E-state index contributed by atoms with van der Waals surface area (Å²) in [6.07, 6.45) is -3.70. The number of alkyl halides is 3. The Labute approximate surface area is 169 Å². The van der Waals surface area contributed by atoms with Gasteiger partial charge in [-0.25, -0.2) is 9.78 Å². The fourth-order valence-electron chi connectivity index (χ4n) is 3.28. The Morgan fingerprint density at radius 3 is 2.50 bits per heavy atom. The molecular formula is C23H16F3NO3. The molecule has 0 spiro atoms. The van der Waals surface area contributed by atoms with Crippen molar-refractivity contribution in [1.82, 2.24) is 4.98 Å². The number of fused-ring (bicyclic) bond motifs is 1. The van der Waals surface area contributed by atoms with E-state index >= 15 is 0 Å². The third-order valence-corrected chi connectivity index (χ3v) is 4.84. The summed E-state index contributed by atoms with van der Waals surface area (Å²) in [7, 11) is 0. The van der Waals surface area contributed by atoms with Crippen LogP contribution in [0, 0.1) is 0 Å². The first-order chi connectivity index (χ1) is 14.3. The second-order valence-corrected chi connectivity index (χ2v) is 6.81. The van der Waals surface area contributed by atoms with Crippen molar-refractivity contribution in [3.05, 3.63) is 77.4 Å². The zero-order chi connectivity index (χ0) is 21.5. The highest BCUT2D eigenvalue weighted by atomic mass is 19.4. The number of pyridine rings is 1. The van der Waals surface area contributed by atoms with E-state index in [1.54, 1.807) is 18.2 Å². The molecule has 0 bridgehead atoms. The van der Waals surface area contributed by atoms with Crippen LogP contribution in [0.1, 0.15) is 28.4 Å². The normalized spacial score (nSPS) is 11.7. The van der Waals surface area contributed by atoms with Gasteiger partial charge in [0.25, 0.3) is 0 Å². The Morgan fingerprint density at radius 1 is 1.03 bits per heavy atom. The van der Waals surface area contributed by atoms with Crippen molar-refractivity contribution in [1.29, 1.82) is 0 Å². The largest absolute Gasteiger partial charge is 0.478 e. The maximum Gasteiger partial charge on any atom is 0.416 e. The number of aromatic carboxylic acids is 1. The van der Waals surface area contributed by atoms with Crippen LogP contribution in [0.25, 0.3) is 33.7 Å². The van der Waals surface area contributed by atoms with Gasteiger partial charge in [0.1, 0.15) is 11.5 Å². The third-order valence-electron chi connectivity index (χ3n) is 4.84. The fraction of sp³-hybridized carbons (Fsp3) is 0.130. The molecule has 0 aliphatic carbocycles. The molecule has 4 aromatic rings. The van der Waals surface area contributed by atoms with Gasteiger partial charge in [0.05, 0.1) is 16.6 Å². The highest BCUT2D eigenvalue weighted by Crippen LogP contribution is 2.34. The average molecular weight is 411 g/mol. The SMILES string of the molecule is CCc1ccc2nc(-c3ccc(-c4cccc(C(F)(F)F)c4)o3)cc(C(=O)O)c2c1. The van der Waals surface area contributed by atoms with Crippen LogP contribution in [0.4, 0.5) is 13.2 Å². The van der Waals surface area contributed by atoms with Crippen molar-refractivity contribution in [2.24, 2.45) is 0 Å². The number of rotatable bonds is 4. The monoisotopic (exact) mass is 411 g/mol.